The Kier molecular flexibility index (Phi) is 10.1. The number of hydrogen-bond acceptors (Lipinski definition) is 5. The molecule has 0 radical (unpaired) electrons. The maximum atomic E-state index is 10.9. The summed E-state index contributed by atoms with van der Waals surface area (Å²) in [5, 5.41) is 2.34. The highest BCUT2D eigenvalue weighted by molar-refractivity contribution is 5.83. The van der Waals surface area contributed by atoms with Crippen LogP contribution in [0.3, 0.4) is 0 Å². The van der Waals surface area contributed by atoms with Crippen LogP contribution in [0.4, 0.5) is 5.95 Å². The summed E-state index contributed by atoms with van der Waals surface area (Å²) in [6.07, 6.45) is 5.97. The maximum absolute atomic E-state index is 10.9. The van der Waals surface area contributed by atoms with Crippen LogP contribution < -0.4 is 16.0 Å². The molecule has 1 aliphatic carbocycles. The Morgan fingerprint density at radius 2 is 1.63 bits per heavy atom. The number of carbonyl (C=O) groups is 2. The molecule has 2 aliphatic rings. The molecule has 1 unspecified atom stereocenters. The molecule has 2 amide bonds. The van der Waals surface area contributed by atoms with Crippen LogP contribution in [0.5, 0.6) is 0 Å². The topological polar surface area (TPSA) is 96.5 Å². The van der Waals surface area contributed by atoms with Crippen molar-refractivity contribution in [3.63, 3.8) is 0 Å². The van der Waals surface area contributed by atoms with Crippen LogP contribution in [0.1, 0.15) is 61.3 Å². The van der Waals surface area contributed by atoms with Gasteiger partial charge < -0.3 is 25.4 Å². The van der Waals surface area contributed by atoms with Gasteiger partial charge in [-0.1, -0.05) is 92.9 Å². The minimum absolute atomic E-state index is 0.461. The molecule has 0 spiro atoms. The summed E-state index contributed by atoms with van der Waals surface area (Å²) in [5.74, 6) is 2.10. The van der Waals surface area contributed by atoms with Crippen molar-refractivity contribution in [2.45, 2.75) is 51.1 Å². The molecule has 1 saturated carbocycles. The second-order valence-corrected chi connectivity index (χ2v) is 11.9. The average molecular weight is 581 g/mol. The fraction of sp³-hybridized carbons (Fsp3) is 0.400. The fourth-order valence-electron chi connectivity index (χ4n) is 6.39. The van der Waals surface area contributed by atoms with Crippen molar-refractivity contribution in [1.82, 2.24) is 19.8 Å². The van der Waals surface area contributed by atoms with E-state index in [1.165, 1.54) is 42.3 Å². The van der Waals surface area contributed by atoms with E-state index < -0.39 is 11.9 Å². The van der Waals surface area contributed by atoms with Crippen molar-refractivity contribution in [2.75, 3.05) is 38.1 Å². The Hall–Kier alpha value is -4.17. The normalized spacial score (nSPS) is 19.7. The smallest absolute Gasteiger partial charge is 0.244 e. The van der Waals surface area contributed by atoms with Crippen LogP contribution in [0.15, 0.2) is 78.9 Å². The number of aromatic nitrogens is 2. The first-order chi connectivity index (χ1) is 20.9. The van der Waals surface area contributed by atoms with Gasteiger partial charge in [-0.25, -0.2) is 4.98 Å². The van der Waals surface area contributed by atoms with E-state index in [1.807, 2.05) is 6.07 Å². The molecule has 1 aromatic heterocycles. The van der Waals surface area contributed by atoms with E-state index >= 15 is 0 Å². The van der Waals surface area contributed by atoms with Gasteiger partial charge in [0.05, 0.1) is 17.6 Å². The molecule has 1 aliphatic heterocycles. The van der Waals surface area contributed by atoms with Gasteiger partial charge in [-0.2, -0.15) is 0 Å². The second kappa shape index (κ2) is 14.3. The number of fused-ring (bicyclic) bond motifs is 1. The molecular formula is C35H44N6O2. The number of amides is 2. The zero-order valence-corrected chi connectivity index (χ0v) is 25.4. The Labute approximate surface area is 254 Å². The van der Waals surface area contributed by atoms with Gasteiger partial charge in [-0.05, 0) is 54.1 Å². The summed E-state index contributed by atoms with van der Waals surface area (Å²) in [4.78, 5) is 30.9. The van der Waals surface area contributed by atoms with E-state index in [0.717, 1.165) is 56.0 Å². The maximum Gasteiger partial charge on any atom is 0.244 e. The molecule has 4 aromatic rings. The number of nitrogens with zero attached hydrogens (tertiary/aromatic N) is 4. The molecule has 1 saturated heterocycles. The summed E-state index contributed by atoms with van der Waals surface area (Å²) in [5.41, 5.74) is 11.0. The minimum atomic E-state index is -0.737. The van der Waals surface area contributed by atoms with Crippen molar-refractivity contribution < 1.29 is 9.59 Å². The molecule has 3 N–H and O–H groups in total. The third-order valence-corrected chi connectivity index (χ3v) is 8.93. The van der Waals surface area contributed by atoms with E-state index in [9.17, 15) is 9.59 Å². The van der Waals surface area contributed by atoms with Crippen molar-refractivity contribution in [3.05, 3.63) is 95.6 Å². The number of benzene rings is 3. The highest BCUT2D eigenvalue weighted by Gasteiger charge is 2.24. The molecule has 2 heterocycles. The van der Waals surface area contributed by atoms with Gasteiger partial charge in [-0.3, -0.25) is 9.59 Å². The van der Waals surface area contributed by atoms with Crippen LogP contribution in [-0.4, -0.2) is 60.0 Å². The Balaban J connectivity index is 0.000000239. The molecule has 226 valence electrons. The number of nitrogens with two attached hydrogens (primary N) is 1. The largest absolute Gasteiger partial charge is 0.368 e. The zero-order valence-electron chi connectivity index (χ0n) is 25.4. The third kappa shape index (κ3) is 7.43. The molecule has 2 fully saturated rings. The molecule has 0 bridgehead atoms. The molecule has 3 aromatic carbocycles. The van der Waals surface area contributed by atoms with Gasteiger partial charge in [-0.15, -0.1) is 0 Å². The van der Waals surface area contributed by atoms with Gasteiger partial charge in [0.2, 0.25) is 18.3 Å². The number of nitrogens with one attached hydrogen (secondary N) is 1. The second-order valence-electron chi connectivity index (χ2n) is 11.9. The van der Waals surface area contributed by atoms with Crippen LogP contribution in [0.2, 0.25) is 0 Å². The first-order valence-corrected chi connectivity index (χ1v) is 15.5. The Morgan fingerprint density at radius 1 is 0.953 bits per heavy atom. The van der Waals surface area contributed by atoms with Crippen molar-refractivity contribution in [1.29, 1.82) is 0 Å². The number of imidazole rings is 1. The molecule has 3 atom stereocenters. The van der Waals surface area contributed by atoms with E-state index in [-0.39, 0.29) is 0 Å². The summed E-state index contributed by atoms with van der Waals surface area (Å²) in [7, 11) is 2.20. The quantitative estimate of drug-likeness (QED) is 0.283. The third-order valence-electron chi connectivity index (χ3n) is 8.93. The fourth-order valence-corrected chi connectivity index (χ4v) is 6.39. The van der Waals surface area contributed by atoms with Crippen LogP contribution in [0.25, 0.3) is 11.0 Å². The number of rotatable bonds is 8. The predicted octanol–water partition coefficient (Wildman–Crippen LogP) is 5.09. The van der Waals surface area contributed by atoms with Gasteiger partial charge in [0, 0.05) is 26.2 Å². The number of likely N-dealkylation sites (N-methyl/N-ethyl adjacent to an activating group) is 1. The standard InChI is InChI=1S/C26H34N4.C9H10N2O2/c1-20-7-3-4-8-23(20)22-13-11-21(12-14-22)19-30-25-10-6-5-9-24(25)27-26(30)29-17-15-28(2)16-18-29;10-9(13)8(11-6-12)7-4-2-1-3-5-7/h5-6,9-14,20,23H,3-4,7-8,15-19H2,1-2H3;1-6,8H,(H2,10,13)(H,11,12)/t20-,23?;8-/m10/s1. The molecule has 6 rings (SSSR count). The van der Waals surface area contributed by atoms with Crippen molar-refractivity contribution >= 4 is 29.3 Å². The minimum Gasteiger partial charge on any atom is -0.368 e. The van der Waals surface area contributed by atoms with E-state index in [0.29, 0.717) is 12.0 Å². The first-order valence-electron chi connectivity index (χ1n) is 15.5. The number of anilines is 1. The molecule has 8 nitrogen and oxygen atoms in total. The van der Waals surface area contributed by atoms with E-state index in [2.05, 4.69) is 82.2 Å². The van der Waals surface area contributed by atoms with Crippen LogP contribution in [0, 0.1) is 5.92 Å². The summed E-state index contributed by atoms with van der Waals surface area (Å²) in [6.45, 7) is 7.58. The number of hydrogen-bond donors (Lipinski definition) is 2. The van der Waals surface area contributed by atoms with Crippen molar-refractivity contribution in [3.8, 4) is 0 Å². The van der Waals surface area contributed by atoms with E-state index in [1.54, 1.807) is 24.3 Å². The molecular weight excluding hydrogens is 536 g/mol. The highest BCUT2D eigenvalue weighted by Crippen LogP contribution is 2.37. The van der Waals surface area contributed by atoms with Crippen LogP contribution in [-0.2, 0) is 16.1 Å². The lowest BCUT2D eigenvalue weighted by Crippen LogP contribution is -2.45. The summed E-state index contributed by atoms with van der Waals surface area (Å²) in [6, 6.07) is 26.1. The first kappa shape index (κ1) is 30.3. The lowest BCUT2D eigenvalue weighted by Gasteiger charge is -2.33. The number of para-hydroxylation sites is 2. The molecule has 8 heteroatoms. The Bertz CT molecular complexity index is 1480. The highest BCUT2D eigenvalue weighted by atomic mass is 16.2. The number of carbonyl (C=O) groups excluding carboxylic acids is 2. The summed E-state index contributed by atoms with van der Waals surface area (Å²) >= 11 is 0. The lowest BCUT2D eigenvalue weighted by atomic mass is 9.76. The van der Waals surface area contributed by atoms with Gasteiger partial charge >= 0.3 is 0 Å². The summed E-state index contributed by atoms with van der Waals surface area (Å²) < 4.78 is 2.42. The van der Waals surface area contributed by atoms with Gasteiger partial charge in [0.25, 0.3) is 0 Å². The average Bonchev–Trinajstić information content (AvgIpc) is 3.39. The van der Waals surface area contributed by atoms with Gasteiger partial charge in [0.15, 0.2) is 0 Å². The van der Waals surface area contributed by atoms with Crippen molar-refractivity contribution in [2.24, 2.45) is 11.7 Å². The predicted molar refractivity (Wildman–Crippen MR) is 173 cm³/mol. The molecule has 43 heavy (non-hydrogen) atoms. The number of piperazine rings is 1. The monoisotopic (exact) mass is 580 g/mol. The van der Waals surface area contributed by atoms with E-state index in [4.69, 9.17) is 10.7 Å². The lowest BCUT2D eigenvalue weighted by molar-refractivity contribution is -0.122. The van der Waals surface area contributed by atoms with Crippen LogP contribution >= 0.6 is 0 Å². The van der Waals surface area contributed by atoms with Gasteiger partial charge in [0.1, 0.15) is 6.04 Å². The Morgan fingerprint density at radius 3 is 2.30 bits per heavy atom. The SMILES string of the molecule is C[C@@H]1CCCCC1c1ccc(Cn2c(N3CCN(C)CC3)nc3ccccc32)cc1.NC(=O)[C@@H](NC=O)c1ccccc1. The zero-order chi connectivity index (χ0) is 30.2. The number of primary amides is 1.